The lowest BCUT2D eigenvalue weighted by molar-refractivity contribution is 0.0836. The molecule has 0 spiro atoms. The van der Waals surface area contributed by atoms with Crippen LogP contribution < -0.4 is 0 Å². The molecule has 0 heterocycles. The van der Waals surface area contributed by atoms with Crippen LogP contribution in [0.3, 0.4) is 0 Å². The van der Waals surface area contributed by atoms with Crippen molar-refractivity contribution in [2.75, 3.05) is 0 Å². The summed E-state index contributed by atoms with van der Waals surface area (Å²) in [7, 11) is 0. The molecule has 0 saturated carbocycles. The quantitative estimate of drug-likeness (QED) is 0.419. The third-order valence-corrected chi connectivity index (χ3v) is 4.00. The molecule has 0 amide bonds. The molecule has 0 radical (unpaired) electrons. The minimum Gasteiger partial charge on any atom is -0.393 e. The number of hydrogen-bond donors (Lipinski definition) is 1. The van der Waals surface area contributed by atoms with E-state index in [2.05, 4.69) is 20.8 Å². The first-order chi connectivity index (χ1) is 8.76. The molecule has 18 heavy (non-hydrogen) atoms. The Morgan fingerprint density at radius 3 is 1.61 bits per heavy atom. The lowest BCUT2D eigenvalue weighted by atomic mass is 9.88. The summed E-state index contributed by atoms with van der Waals surface area (Å²) in [6.07, 6.45) is 15.0. The number of aliphatic hydroxyl groups excluding tert-OH is 1. The Bertz CT molecular complexity index is 148. The van der Waals surface area contributed by atoms with Gasteiger partial charge in [0.2, 0.25) is 0 Å². The highest BCUT2D eigenvalue weighted by atomic mass is 16.3. The van der Waals surface area contributed by atoms with Gasteiger partial charge in [0, 0.05) is 0 Å². The van der Waals surface area contributed by atoms with Gasteiger partial charge < -0.3 is 5.11 Å². The molecule has 0 aromatic heterocycles. The van der Waals surface area contributed by atoms with E-state index in [0.29, 0.717) is 5.92 Å². The first-order valence-electron chi connectivity index (χ1n) is 8.44. The van der Waals surface area contributed by atoms with Crippen molar-refractivity contribution in [1.82, 2.24) is 0 Å². The van der Waals surface area contributed by atoms with Crippen molar-refractivity contribution in [3.05, 3.63) is 0 Å². The Labute approximate surface area is 115 Å². The van der Waals surface area contributed by atoms with Crippen LogP contribution in [0.5, 0.6) is 0 Å². The maximum atomic E-state index is 10.3. The van der Waals surface area contributed by atoms with E-state index in [1.54, 1.807) is 0 Å². The minimum absolute atomic E-state index is 0.0373. The third kappa shape index (κ3) is 9.94. The lowest BCUT2D eigenvalue weighted by Gasteiger charge is -2.22. The molecule has 0 saturated heterocycles. The summed E-state index contributed by atoms with van der Waals surface area (Å²) in [5.41, 5.74) is 0. The summed E-state index contributed by atoms with van der Waals surface area (Å²) in [6, 6.07) is 0. The highest BCUT2D eigenvalue weighted by Gasteiger charge is 2.17. The summed E-state index contributed by atoms with van der Waals surface area (Å²) >= 11 is 0. The maximum Gasteiger partial charge on any atom is 0.0568 e. The Balaban J connectivity index is 3.76. The Hall–Kier alpha value is -0.0400. The van der Waals surface area contributed by atoms with Crippen molar-refractivity contribution in [1.29, 1.82) is 0 Å². The van der Waals surface area contributed by atoms with Crippen molar-refractivity contribution in [2.45, 2.75) is 104 Å². The molecule has 0 aliphatic carbocycles. The normalized spacial score (nSPS) is 13.2. The van der Waals surface area contributed by atoms with E-state index < -0.39 is 0 Å². The van der Waals surface area contributed by atoms with Crippen LogP contribution in [0.1, 0.15) is 97.8 Å². The van der Waals surface area contributed by atoms with Gasteiger partial charge in [-0.05, 0) is 25.2 Å². The highest BCUT2D eigenvalue weighted by Crippen LogP contribution is 2.23. The molecule has 110 valence electrons. The fourth-order valence-corrected chi connectivity index (χ4v) is 2.65. The summed E-state index contributed by atoms with van der Waals surface area (Å²) in [6.45, 7) is 6.74. The molecular formula is C17H36O. The van der Waals surface area contributed by atoms with Crippen LogP contribution in [-0.2, 0) is 0 Å². The van der Waals surface area contributed by atoms with Gasteiger partial charge in [-0.15, -0.1) is 0 Å². The first kappa shape index (κ1) is 18.0. The minimum atomic E-state index is -0.0373. The van der Waals surface area contributed by atoms with Gasteiger partial charge in [0.15, 0.2) is 0 Å². The molecular weight excluding hydrogens is 220 g/mol. The predicted octanol–water partition coefficient (Wildman–Crippen LogP) is 5.70. The lowest BCUT2D eigenvalue weighted by Crippen LogP contribution is -2.20. The Kier molecular flexibility index (Phi) is 13.4. The smallest absolute Gasteiger partial charge is 0.0568 e. The largest absolute Gasteiger partial charge is 0.393 e. The van der Waals surface area contributed by atoms with Gasteiger partial charge in [0.05, 0.1) is 6.10 Å². The van der Waals surface area contributed by atoms with Crippen molar-refractivity contribution in [3.63, 3.8) is 0 Å². The van der Waals surface area contributed by atoms with E-state index in [1.165, 1.54) is 70.6 Å². The molecule has 1 nitrogen and oxygen atoms in total. The zero-order chi connectivity index (χ0) is 13.6. The second-order valence-electron chi connectivity index (χ2n) is 5.81. The van der Waals surface area contributed by atoms with Gasteiger partial charge >= 0.3 is 0 Å². The topological polar surface area (TPSA) is 20.2 Å². The molecule has 0 bridgehead atoms. The number of rotatable bonds is 13. The van der Waals surface area contributed by atoms with Gasteiger partial charge in [0.25, 0.3) is 0 Å². The van der Waals surface area contributed by atoms with Crippen molar-refractivity contribution in [2.24, 2.45) is 5.92 Å². The van der Waals surface area contributed by atoms with E-state index in [4.69, 9.17) is 0 Å². The number of hydrogen-bond acceptors (Lipinski definition) is 1. The fourth-order valence-electron chi connectivity index (χ4n) is 2.65. The zero-order valence-electron chi connectivity index (χ0n) is 13.1. The van der Waals surface area contributed by atoms with Gasteiger partial charge in [-0.3, -0.25) is 0 Å². The summed E-state index contributed by atoms with van der Waals surface area (Å²) in [5, 5.41) is 10.3. The van der Waals surface area contributed by atoms with E-state index >= 15 is 0 Å². The van der Waals surface area contributed by atoms with Crippen LogP contribution in [0.25, 0.3) is 0 Å². The molecule has 1 N–H and O–H groups in total. The SMILES string of the molecule is CCCCCCCC(O)C(CCCC)CCCC. The summed E-state index contributed by atoms with van der Waals surface area (Å²) < 4.78 is 0. The first-order valence-corrected chi connectivity index (χ1v) is 8.44. The van der Waals surface area contributed by atoms with Gasteiger partial charge in [-0.2, -0.15) is 0 Å². The monoisotopic (exact) mass is 256 g/mol. The van der Waals surface area contributed by atoms with Gasteiger partial charge in [-0.25, -0.2) is 0 Å². The Morgan fingerprint density at radius 2 is 1.11 bits per heavy atom. The molecule has 0 fully saturated rings. The van der Waals surface area contributed by atoms with E-state index in [-0.39, 0.29) is 6.10 Å². The maximum absolute atomic E-state index is 10.3. The van der Waals surface area contributed by atoms with Crippen LogP contribution in [-0.4, -0.2) is 11.2 Å². The molecule has 0 rings (SSSR count). The average molecular weight is 256 g/mol. The van der Waals surface area contributed by atoms with Crippen LogP contribution in [0, 0.1) is 5.92 Å². The Morgan fingerprint density at radius 1 is 0.611 bits per heavy atom. The van der Waals surface area contributed by atoms with Crippen LogP contribution >= 0.6 is 0 Å². The standard InChI is InChI=1S/C17H36O/c1-4-7-10-11-12-15-17(18)16(13-8-5-2)14-9-6-3/h16-18H,4-15H2,1-3H3. The van der Waals surface area contributed by atoms with Gasteiger partial charge in [0.1, 0.15) is 0 Å². The van der Waals surface area contributed by atoms with Crippen LogP contribution in [0.15, 0.2) is 0 Å². The van der Waals surface area contributed by atoms with Crippen molar-refractivity contribution >= 4 is 0 Å². The van der Waals surface area contributed by atoms with Crippen molar-refractivity contribution < 1.29 is 5.11 Å². The van der Waals surface area contributed by atoms with E-state index in [9.17, 15) is 5.11 Å². The van der Waals surface area contributed by atoms with E-state index in [0.717, 1.165) is 6.42 Å². The molecule has 0 aromatic carbocycles. The van der Waals surface area contributed by atoms with Crippen LogP contribution in [0.2, 0.25) is 0 Å². The summed E-state index contributed by atoms with van der Waals surface area (Å²) in [4.78, 5) is 0. The van der Waals surface area contributed by atoms with E-state index in [1.807, 2.05) is 0 Å². The third-order valence-electron chi connectivity index (χ3n) is 4.00. The molecule has 1 unspecified atom stereocenters. The zero-order valence-corrected chi connectivity index (χ0v) is 13.1. The van der Waals surface area contributed by atoms with Crippen molar-refractivity contribution in [3.8, 4) is 0 Å². The molecule has 0 aliphatic heterocycles. The van der Waals surface area contributed by atoms with Crippen LogP contribution in [0.4, 0.5) is 0 Å². The molecule has 1 atom stereocenters. The second-order valence-corrected chi connectivity index (χ2v) is 5.81. The number of unbranched alkanes of at least 4 members (excludes halogenated alkanes) is 6. The molecule has 1 heteroatoms. The fraction of sp³-hybridized carbons (Fsp3) is 1.00. The highest BCUT2D eigenvalue weighted by molar-refractivity contribution is 4.69. The molecule has 0 aromatic rings. The molecule has 0 aliphatic rings. The average Bonchev–Trinajstić information content (AvgIpc) is 2.38. The summed E-state index contributed by atoms with van der Waals surface area (Å²) in [5.74, 6) is 0.566. The second kappa shape index (κ2) is 13.4. The van der Waals surface area contributed by atoms with Gasteiger partial charge in [-0.1, -0.05) is 78.6 Å². The number of aliphatic hydroxyl groups is 1. The predicted molar refractivity (Wildman–Crippen MR) is 81.9 cm³/mol.